The highest BCUT2D eigenvalue weighted by molar-refractivity contribution is 7.19. The second-order valence-corrected chi connectivity index (χ2v) is 8.79. The van der Waals surface area contributed by atoms with E-state index in [1.165, 1.54) is 36.5 Å². The van der Waals surface area contributed by atoms with Crippen LogP contribution in [-0.2, 0) is 28.8 Å². The van der Waals surface area contributed by atoms with Gasteiger partial charge in [-0.2, -0.15) is 0 Å². The minimum Gasteiger partial charge on any atom is -0.469 e. The van der Waals surface area contributed by atoms with Crippen molar-refractivity contribution in [2.24, 2.45) is 0 Å². The molecule has 5 heteroatoms. The molecule has 1 aliphatic carbocycles. The Morgan fingerprint density at radius 2 is 2.00 bits per heavy atom. The smallest absolute Gasteiger partial charge is 0.305 e. The highest BCUT2D eigenvalue weighted by Crippen LogP contribution is 2.43. The molecular weight excluding hydrogens is 385 g/mol. The molecule has 1 aliphatic rings. The van der Waals surface area contributed by atoms with Crippen molar-refractivity contribution < 1.29 is 13.9 Å². The number of halogens is 1. The third-order valence-electron chi connectivity index (χ3n) is 5.84. The first kappa shape index (κ1) is 20.0. The molecule has 0 radical (unpaired) electrons. The van der Waals surface area contributed by atoms with E-state index in [0.29, 0.717) is 12.0 Å². The zero-order valence-electron chi connectivity index (χ0n) is 17.0. The number of nitrogens with zero attached hydrogens (tertiary/aromatic N) is 1. The summed E-state index contributed by atoms with van der Waals surface area (Å²) < 4.78 is 19.7. The highest BCUT2D eigenvalue weighted by atomic mass is 32.1. The molecule has 0 spiro atoms. The molecule has 0 unspecified atom stereocenters. The summed E-state index contributed by atoms with van der Waals surface area (Å²) in [6.45, 7) is 2.03. The molecule has 0 N–H and O–H groups in total. The first-order valence-corrected chi connectivity index (χ1v) is 11.2. The number of fused-ring (bicyclic) bond motifs is 3. The summed E-state index contributed by atoms with van der Waals surface area (Å²) in [6.07, 6.45) is 7.32. The second kappa shape index (κ2) is 8.62. The van der Waals surface area contributed by atoms with Gasteiger partial charge in [0.05, 0.1) is 7.11 Å². The van der Waals surface area contributed by atoms with Crippen LogP contribution in [-0.4, -0.2) is 18.1 Å². The maximum Gasteiger partial charge on any atom is 0.305 e. The molecule has 0 fully saturated rings. The number of ether oxygens (including phenoxy) is 1. The summed E-state index contributed by atoms with van der Waals surface area (Å²) in [7, 11) is 1.42. The number of aromatic nitrogens is 1. The fraction of sp³-hybridized carbons (Fsp3) is 0.417. The highest BCUT2D eigenvalue weighted by Gasteiger charge is 2.24. The van der Waals surface area contributed by atoms with Gasteiger partial charge in [-0.25, -0.2) is 9.37 Å². The van der Waals surface area contributed by atoms with Gasteiger partial charge in [-0.3, -0.25) is 4.79 Å². The summed E-state index contributed by atoms with van der Waals surface area (Å²) in [6, 6.07) is 7.06. The van der Waals surface area contributed by atoms with Crippen molar-refractivity contribution in [1.82, 2.24) is 4.98 Å². The van der Waals surface area contributed by atoms with E-state index in [-0.39, 0.29) is 11.8 Å². The molecule has 0 bridgehead atoms. The van der Waals surface area contributed by atoms with Crippen molar-refractivity contribution in [3.8, 4) is 11.1 Å². The lowest BCUT2D eigenvalue weighted by molar-refractivity contribution is -0.140. The number of carbonyl (C=O) groups is 1. The van der Waals surface area contributed by atoms with Crippen LogP contribution in [0.15, 0.2) is 24.3 Å². The Kier molecular flexibility index (Phi) is 5.95. The van der Waals surface area contributed by atoms with Crippen LogP contribution in [0.1, 0.15) is 53.8 Å². The molecule has 152 valence electrons. The van der Waals surface area contributed by atoms with Gasteiger partial charge in [-0.05, 0) is 69.1 Å². The molecule has 29 heavy (non-hydrogen) atoms. The average molecular weight is 412 g/mol. The number of esters is 1. The van der Waals surface area contributed by atoms with Gasteiger partial charge in [0.2, 0.25) is 0 Å². The summed E-state index contributed by atoms with van der Waals surface area (Å²) >= 11 is 1.78. The average Bonchev–Trinajstić information content (AvgIpc) is 3.09. The Morgan fingerprint density at radius 3 is 2.79 bits per heavy atom. The minimum absolute atomic E-state index is 0.184. The zero-order chi connectivity index (χ0) is 20.4. The number of methoxy groups -OCH3 is 1. The molecular formula is C24H26FNO2S. The molecule has 0 atom stereocenters. The molecule has 2 heterocycles. The molecule has 3 aromatic rings. The van der Waals surface area contributed by atoms with Crippen LogP contribution >= 0.6 is 11.3 Å². The number of rotatable bonds is 6. The fourth-order valence-corrected chi connectivity index (χ4v) is 5.70. The lowest BCUT2D eigenvalue weighted by Gasteiger charge is -2.17. The minimum atomic E-state index is -0.189. The van der Waals surface area contributed by atoms with Crippen LogP contribution in [0.5, 0.6) is 0 Å². The number of pyridine rings is 1. The van der Waals surface area contributed by atoms with Crippen LogP contribution in [0, 0.1) is 12.7 Å². The van der Waals surface area contributed by atoms with Crippen molar-refractivity contribution >= 4 is 27.5 Å². The van der Waals surface area contributed by atoms with Crippen LogP contribution in [0.25, 0.3) is 21.3 Å². The lowest BCUT2D eigenvalue weighted by atomic mass is 9.88. The second-order valence-electron chi connectivity index (χ2n) is 7.70. The quantitative estimate of drug-likeness (QED) is 0.359. The van der Waals surface area contributed by atoms with Gasteiger partial charge in [-0.1, -0.05) is 18.2 Å². The topological polar surface area (TPSA) is 39.2 Å². The third kappa shape index (κ3) is 3.93. The predicted octanol–water partition coefficient (Wildman–Crippen LogP) is 6.18. The lowest BCUT2D eigenvalue weighted by Crippen LogP contribution is -2.04. The Balaban J connectivity index is 1.83. The van der Waals surface area contributed by atoms with Gasteiger partial charge >= 0.3 is 5.97 Å². The normalized spacial score (nSPS) is 13.5. The summed E-state index contributed by atoms with van der Waals surface area (Å²) in [5, 5.41) is 1.16. The van der Waals surface area contributed by atoms with Gasteiger partial charge < -0.3 is 4.74 Å². The maximum atomic E-state index is 14.9. The molecule has 1 aromatic carbocycles. The maximum absolute atomic E-state index is 14.9. The van der Waals surface area contributed by atoms with E-state index >= 15 is 0 Å². The zero-order valence-corrected chi connectivity index (χ0v) is 17.8. The number of thiophene rings is 1. The summed E-state index contributed by atoms with van der Waals surface area (Å²) in [5.41, 5.74) is 5.13. The number of carbonyl (C=O) groups excluding carboxylic acids is 1. The summed E-state index contributed by atoms with van der Waals surface area (Å²) in [4.78, 5) is 18.8. The van der Waals surface area contributed by atoms with E-state index in [1.54, 1.807) is 17.4 Å². The van der Waals surface area contributed by atoms with Crippen molar-refractivity contribution in [1.29, 1.82) is 0 Å². The van der Waals surface area contributed by atoms with Crippen molar-refractivity contribution in [3.05, 3.63) is 51.8 Å². The Morgan fingerprint density at radius 1 is 1.21 bits per heavy atom. The van der Waals surface area contributed by atoms with E-state index in [0.717, 1.165) is 59.1 Å². The molecule has 0 amide bonds. The monoisotopic (exact) mass is 411 g/mol. The van der Waals surface area contributed by atoms with Gasteiger partial charge in [-0.15, -0.1) is 11.3 Å². The standard InChI is InChI=1S/C24H26FNO2S/c1-15-16(9-5-8-14-21(27)28-2)22(17-10-3-6-12-19(17)25)23-18-11-4-7-13-20(18)29-24(23)26-15/h3,6,10,12H,4-5,7-9,11,13-14H2,1-2H3. The van der Waals surface area contributed by atoms with Gasteiger partial charge in [0.1, 0.15) is 10.6 Å². The number of aryl methyl sites for hydroxylation is 3. The van der Waals surface area contributed by atoms with E-state index in [9.17, 15) is 9.18 Å². The number of hydrogen-bond donors (Lipinski definition) is 0. The molecule has 3 nitrogen and oxygen atoms in total. The van der Waals surface area contributed by atoms with E-state index < -0.39 is 0 Å². The van der Waals surface area contributed by atoms with Crippen LogP contribution in [0.3, 0.4) is 0 Å². The van der Waals surface area contributed by atoms with Crippen molar-refractivity contribution in [2.75, 3.05) is 7.11 Å². The number of benzene rings is 1. The van der Waals surface area contributed by atoms with Gasteiger partial charge in [0.15, 0.2) is 0 Å². The third-order valence-corrected chi connectivity index (χ3v) is 7.02. The van der Waals surface area contributed by atoms with Gasteiger partial charge in [0, 0.05) is 33.5 Å². The van der Waals surface area contributed by atoms with Crippen LogP contribution in [0.4, 0.5) is 4.39 Å². The fourth-order valence-electron chi connectivity index (χ4n) is 4.38. The number of unbranched alkanes of at least 4 members (excludes halogenated alkanes) is 1. The van der Waals surface area contributed by atoms with Gasteiger partial charge in [0.25, 0.3) is 0 Å². The first-order chi connectivity index (χ1) is 14.1. The first-order valence-electron chi connectivity index (χ1n) is 10.4. The Bertz CT molecular complexity index is 1060. The Labute approximate surface area is 174 Å². The van der Waals surface area contributed by atoms with Crippen LogP contribution in [0.2, 0.25) is 0 Å². The summed E-state index contributed by atoms with van der Waals surface area (Å²) in [5.74, 6) is -0.373. The number of hydrogen-bond acceptors (Lipinski definition) is 4. The van der Waals surface area contributed by atoms with E-state index in [1.807, 2.05) is 19.1 Å². The van der Waals surface area contributed by atoms with E-state index in [2.05, 4.69) is 0 Å². The van der Waals surface area contributed by atoms with Crippen molar-refractivity contribution in [3.63, 3.8) is 0 Å². The molecule has 0 saturated heterocycles. The molecule has 4 rings (SSSR count). The van der Waals surface area contributed by atoms with Crippen LogP contribution < -0.4 is 0 Å². The Hall–Kier alpha value is -2.27. The molecule has 0 saturated carbocycles. The van der Waals surface area contributed by atoms with E-state index in [4.69, 9.17) is 9.72 Å². The predicted molar refractivity (Wildman–Crippen MR) is 116 cm³/mol. The SMILES string of the molecule is COC(=O)CCCCc1c(C)nc2sc3c(c2c1-c1ccccc1F)CCCC3. The molecule has 2 aromatic heterocycles. The largest absolute Gasteiger partial charge is 0.469 e. The molecule has 0 aliphatic heterocycles. The van der Waals surface area contributed by atoms with Crippen molar-refractivity contribution in [2.45, 2.75) is 58.3 Å².